The van der Waals surface area contributed by atoms with Crippen molar-refractivity contribution in [2.45, 2.75) is 82.7 Å². The quantitative estimate of drug-likeness (QED) is 0.0712. The molecule has 0 aliphatic heterocycles. The Bertz CT molecular complexity index is 1520. The Labute approximate surface area is 294 Å². The zero-order valence-electron chi connectivity index (χ0n) is 28.6. The molecular weight excluding hydrogens is 666 g/mol. The number of rotatable bonds is 20. The van der Waals surface area contributed by atoms with Crippen molar-refractivity contribution >= 4 is 41.4 Å². The fourth-order valence-electron chi connectivity index (χ4n) is 4.78. The van der Waals surface area contributed by atoms with E-state index in [9.17, 15) is 48.9 Å². The van der Waals surface area contributed by atoms with E-state index < -0.39 is 90.2 Å². The van der Waals surface area contributed by atoms with Crippen LogP contribution in [0.1, 0.15) is 44.7 Å². The predicted octanol–water partition coefficient (Wildman–Crippen LogP) is -2.05. The summed E-state index contributed by atoms with van der Waals surface area (Å²) >= 11 is 0. The predicted molar refractivity (Wildman–Crippen MR) is 183 cm³/mol. The summed E-state index contributed by atoms with van der Waals surface area (Å²) in [5.74, 6) is -6.85. The average Bonchev–Trinajstić information content (AvgIpc) is 3.08. The van der Waals surface area contributed by atoms with E-state index in [1.165, 1.54) is 19.1 Å². The Morgan fingerprint density at radius 3 is 1.76 bits per heavy atom. The zero-order chi connectivity index (χ0) is 38.2. The second-order valence-electron chi connectivity index (χ2n) is 12.3. The first-order valence-electron chi connectivity index (χ1n) is 16.2. The molecule has 6 atom stereocenters. The molecule has 0 unspecified atom stereocenters. The molecule has 17 nitrogen and oxygen atoms in total. The summed E-state index contributed by atoms with van der Waals surface area (Å²) in [6, 6.07) is 6.70. The van der Waals surface area contributed by atoms with Crippen LogP contribution in [-0.4, -0.2) is 99.6 Å². The van der Waals surface area contributed by atoms with Crippen LogP contribution >= 0.6 is 0 Å². The third-order valence-corrected chi connectivity index (χ3v) is 7.75. The Kier molecular flexibility index (Phi) is 16.5. The molecule has 0 aliphatic carbocycles. The molecule has 2 rings (SSSR count). The Morgan fingerprint density at radius 2 is 1.22 bits per heavy atom. The number of aliphatic hydroxyl groups is 1. The van der Waals surface area contributed by atoms with Gasteiger partial charge in [-0.25, -0.2) is 4.79 Å². The molecule has 0 aromatic heterocycles. The van der Waals surface area contributed by atoms with Gasteiger partial charge in [0.05, 0.1) is 12.6 Å². The van der Waals surface area contributed by atoms with E-state index in [0.717, 1.165) is 0 Å². The number of hydrogen-bond donors (Lipinski definition) is 10. The molecule has 51 heavy (non-hydrogen) atoms. The Morgan fingerprint density at radius 1 is 0.667 bits per heavy atom. The SMILES string of the molecule is CC(C)[C@H](NC(=O)[C@@H](N)Cc1ccc(O)cc1)C(=O)N[C@@H](CCC(N)=O)C(=O)N[C@@H](CO)C(=O)N[C@@H](C)C(=O)N[C@@H](Cc1ccccc1)C(=O)O. The number of aliphatic hydroxyl groups excluding tert-OH is 1. The number of carboxylic acids is 1. The van der Waals surface area contributed by atoms with Crippen molar-refractivity contribution in [3.8, 4) is 5.75 Å². The fourth-order valence-corrected chi connectivity index (χ4v) is 4.78. The minimum absolute atomic E-state index is 0.0235. The first-order chi connectivity index (χ1) is 24.0. The molecule has 0 bridgehead atoms. The molecule has 6 amide bonds. The molecule has 0 radical (unpaired) electrons. The number of amides is 6. The molecule has 0 heterocycles. The van der Waals surface area contributed by atoms with Crippen LogP contribution in [0.4, 0.5) is 0 Å². The van der Waals surface area contributed by atoms with Crippen molar-refractivity contribution in [2.24, 2.45) is 17.4 Å². The lowest BCUT2D eigenvalue weighted by atomic mass is 10.00. The normalized spacial score (nSPS) is 14.5. The number of nitrogens with two attached hydrogens (primary N) is 2. The maximum absolute atomic E-state index is 13.4. The van der Waals surface area contributed by atoms with Gasteiger partial charge in [-0.15, -0.1) is 0 Å². The molecule has 0 saturated heterocycles. The molecule has 278 valence electrons. The zero-order valence-corrected chi connectivity index (χ0v) is 28.6. The van der Waals surface area contributed by atoms with Crippen LogP contribution in [0, 0.1) is 5.92 Å². The number of benzene rings is 2. The largest absolute Gasteiger partial charge is 0.508 e. The van der Waals surface area contributed by atoms with Gasteiger partial charge in [0, 0.05) is 12.8 Å². The topological polar surface area (TPSA) is 292 Å². The first-order valence-corrected chi connectivity index (χ1v) is 16.2. The van der Waals surface area contributed by atoms with Gasteiger partial charge in [0.2, 0.25) is 35.4 Å². The third-order valence-electron chi connectivity index (χ3n) is 7.75. The summed E-state index contributed by atoms with van der Waals surface area (Å²) in [6.45, 7) is 3.62. The molecule has 2 aromatic carbocycles. The lowest BCUT2D eigenvalue weighted by Gasteiger charge is -2.27. The van der Waals surface area contributed by atoms with Crippen molar-refractivity contribution in [2.75, 3.05) is 6.61 Å². The molecule has 0 aliphatic rings. The van der Waals surface area contributed by atoms with Gasteiger partial charge in [-0.2, -0.15) is 0 Å². The summed E-state index contributed by atoms with van der Waals surface area (Å²) in [4.78, 5) is 88.6. The van der Waals surface area contributed by atoms with Crippen molar-refractivity contribution in [1.82, 2.24) is 26.6 Å². The second-order valence-corrected chi connectivity index (χ2v) is 12.3. The number of carboxylic acid groups (broad SMARTS) is 1. The number of nitrogens with one attached hydrogen (secondary N) is 5. The minimum Gasteiger partial charge on any atom is -0.508 e. The highest BCUT2D eigenvalue weighted by molar-refractivity contribution is 5.96. The van der Waals surface area contributed by atoms with Crippen molar-refractivity contribution in [1.29, 1.82) is 0 Å². The highest BCUT2D eigenvalue weighted by atomic mass is 16.4. The van der Waals surface area contributed by atoms with E-state index in [2.05, 4.69) is 26.6 Å². The van der Waals surface area contributed by atoms with Gasteiger partial charge >= 0.3 is 5.97 Å². The Hall–Kier alpha value is -5.55. The number of aliphatic carboxylic acids is 1. The standard InChI is InChI=1S/C34H47N7O10/c1-18(2)28(41-30(46)23(35)15-21-9-11-22(43)12-10-21)33(49)38-24(13-14-27(36)44)31(47)40-26(17-42)32(48)37-19(3)29(45)39-25(34(50)51)16-20-7-5-4-6-8-20/h4-12,18-19,23-26,28,42-43H,13-17,35H2,1-3H3,(H2,36,44)(H,37,48)(H,38,49)(H,39,45)(H,40,47)(H,41,46)(H,50,51)/t19-,23-,24-,25-,26-,28-/m0/s1. The van der Waals surface area contributed by atoms with Gasteiger partial charge in [0.15, 0.2) is 0 Å². The second kappa shape index (κ2) is 20.2. The monoisotopic (exact) mass is 713 g/mol. The van der Waals surface area contributed by atoms with Crippen molar-refractivity contribution < 1.29 is 48.9 Å². The highest BCUT2D eigenvalue weighted by Gasteiger charge is 2.33. The summed E-state index contributed by atoms with van der Waals surface area (Å²) < 4.78 is 0. The minimum atomic E-state index is -1.63. The van der Waals surface area contributed by atoms with Crippen molar-refractivity contribution in [3.63, 3.8) is 0 Å². The number of phenols is 1. The summed E-state index contributed by atoms with van der Waals surface area (Å²) in [7, 11) is 0. The van der Waals surface area contributed by atoms with Crippen LogP contribution in [0.25, 0.3) is 0 Å². The van der Waals surface area contributed by atoms with E-state index in [0.29, 0.717) is 11.1 Å². The molecule has 2 aromatic rings. The van der Waals surface area contributed by atoms with E-state index in [1.54, 1.807) is 56.3 Å². The number of primary amides is 1. The fraction of sp³-hybridized carbons (Fsp3) is 0.441. The lowest BCUT2D eigenvalue weighted by molar-refractivity contribution is -0.142. The van der Waals surface area contributed by atoms with E-state index in [-0.39, 0.29) is 31.4 Å². The van der Waals surface area contributed by atoms with Crippen LogP contribution < -0.4 is 38.1 Å². The molecule has 0 fully saturated rings. The molecule has 17 heteroatoms. The van der Waals surface area contributed by atoms with Gasteiger partial charge < -0.3 is 53.4 Å². The lowest BCUT2D eigenvalue weighted by Crippen LogP contribution is -2.60. The van der Waals surface area contributed by atoms with Gasteiger partial charge in [0.25, 0.3) is 0 Å². The number of hydrogen-bond acceptors (Lipinski definition) is 10. The van der Waals surface area contributed by atoms with Gasteiger partial charge in [-0.05, 0) is 48.9 Å². The summed E-state index contributed by atoms with van der Waals surface area (Å²) in [5, 5.41) is 40.9. The molecule has 12 N–H and O–H groups in total. The number of carbonyl (C=O) groups is 7. The third kappa shape index (κ3) is 14.1. The van der Waals surface area contributed by atoms with Gasteiger partial charge in [-0.3, -0.25) is 28.8 Å². The van der Waals surface area contributed by atoms with Crippen LogP contribution in [0.15, 0.2) is 54.6 Å². The van der Waals surface area contributed by atoms with Crippen LogP contribution in [0.5, 0.6) is 5.75 Å². The maximum atomic E-state index is 13.4. The van der Waals surface area contributed by atoms with E-state index >= 15 is 0 Å². The molecule has 0 spiro atoms. The Balaban J connectivity index is 2.08. The number of carbonyl (C=O) groups excluding carboxylic acids is 6. The number of phenolic OH excluding ortho intramolecular Hbond substituents is 1. The highest BCUT2D eigenvalue weighted by Crippen LogP contribution is 2.12. The average molecular weight is 714 g/mol. The van der Waals surface area contributed by atoms with E-state index in [1.807, 2.05) is 0 Å². The van der Waals surface area contributed by atoms with Crippen LogP contribution in [-0.2, 0) is 46.4 Å². The van der Waals surface area contributed by atoms with Crippen LogP contribution in [0.3, 0.4) is 0 Å². The molecular formula is C34H47N7O10. The smallest absolute Gasteiger partial charge is 0.326 e. The van der Waals surface area contributed by atoms with E-state index in [4.69, 9.17) is 11.5 Å². The number of aromatic hydroxyl groups is 1. The molecule has 0 saturated carbocycles. The van der Waals surface area contributed by atoms with Gasteiger partial charge in [-0.1, -0.05) is 56.3 Å². The maximum Gasteiger partial charge on any atom is 0.326 e. The van der Waals surface area contributed by atoms with Gasteiger partial charge in [0.1, 0.15) is 36.0 Å². The summed E-state index contributed by atoms with van der Waals surface area (Å²) in [6.07, 6.45) is -0.580. The van der Waals surface area contributed by atoms with Crippen molar-refractivity contribution in [3.05, 3.63) is 65.7 Å². The summed E-state index contributed by atoms with van der Waals surface area (Å²) in [5.41, 5.74) is 12.6. The van der Waals surface area contributed by atoms with Crippen LogP contribution in [0.2, 0.25) is 0 Å². The first kappa shape index (κ1) is 41.6.